The van der Waals surface area contributed by atoms with Gasteiger partial charge in [0, 0.05) is 18.9 Å². The van der Waals surface area contributed by atoms with Gasteiger partial charge in [-0.2, -0.15) is 0 Å². The molecule has 6 heteroatoms. The van der Waals surface area contributed by atoms with Crippen LogP contribution in [0.2, 0.25) is 0 Å². The highest BCUT2D eigenvalue weighted by Gasteiger charge is 2.06. The topological polar surface area (TPSA) is 64.1 Å². The van der Waals surface area contributed by atoms with Crippen LogP contribution in [0.4, 0.5) is 0 Å². The van der Waals surface area contributed by atoms with Crippen molar-refractivity contribution in [2.45, 2.75) is 6.42 Å². The Hall–Kier alpha value is -1.95. The van der Waals surface area contributed by atoms with Gasteiger partial charge >= 0.3 is 0 Å². The fraction of sp³-hybridized carbons (Fsp3) is 0.214. The second-order valence-corrected chi connectivity index (χ2v) is 4.92. The lowest BCUT2D eigenvalue weighted by atomic mass is 10.1. The predicted molar refractivity (Wildman–Crippen MR) is 78.8 cm³/mol. The molecule has 1 aromatic heterocycles. The molecule has 1 N–H and O–H groups in total. The molecule has 0 fully saturated rings. The van der Waals surface area contributed by atoms with Crippen LogP contribution >= 0.6 is 15.9 Å². The first-order valence-corrected chi connectivity index (χ1v) is 6.86. The molecule has 0 spiro atoms. The standard InChI is InChI=1S/C14H14BrN3O2/c1-20-13-3-2-10(8-11(13)15)4-5-18-14(19)12-9-16-6-7-17-12/h2-3,6-9H,4-5H2,1H3,(H,18,19). The molecule has 1 aromatic carbocycles. The Labute approximate surface area is 125 Å². The maximum atomic E-state index is 11.8. The van der Waals surface area contributed by atoms with E-state index in [4.69, 9.17) is 4.74 Å². The van der Waals surface area contributed by atoms with Crippen LogP contribution in [0.15, 0.2) is 41.3 Å². The molecular weight excluding hydrogens is 322 g/mol. The Morgan fingerprint density at radius 3 is 2.90 bits per heavy atom. The molecule has 1 amide bonds. The fourth-order valence-corrected chi connectivity index (χ4v) is 2.28. The summed E-state index contributed by atoms with van der Waals surface area (Å²) in [6.45, 7) is 0.536. The van der Waals surface area contributed by atoms with Crippen molar-refractivity contribution in [3.05, 3.63) is 52.5 Å². The van der Waals surface area contributed by atoms with Crippen LogP contribution in [0.3, 0.4) is 0 Å². The normalized spacial score (nSPS) is 10.1. The molecule has 0 aliphatic carbocycles. The van der Waals surface area contributed by atoms with Gasteiger partial charge in [0.05, 0.1) is 17.8 Å². The SMILES string of the molecule is COc1ccc(CCNC(=O)c2cnccn2)cc1Br. The zero-order chi connectivity index (χ0) is 14.4. The van der Waals surface area contributed by atoms with E-state index in [1.54, 1.807) is 7.11 Å². The van der Waals surface area contributed by atoms with E-state index in [1.165, 1.54) is 18.6 Å². The molecule has 1 heterocycles. The number of methoxy groups -OCH3 is 1. The molecule has 0 saturated carbocycles. The zero-order valence-electron chi connectivity index (χ0n) is 11.0. The number of nitrogens with zero attached hydrogens (tertiary/aromatic N) is 2. The Bertz CT molecular complexity index is 590. The second kappa shape index (κ2) is 7.00. The van der Waals surface area contributed by atoms with Gasteiger partial charge in [-0.15, -0.1) is 0 Å². The quantitative estimate of drug-likeness (QED) is 0.909. The number of benzene rings is 1. The van der Waals surface area contributed by atoms with Gasteiger partial charge in [0.2, 0.25) is 0 Å². The van der Waals surface area contributed by atoms with E-state index in [0.29, 0.717) is 12.2 Å². The van der Waals surface area contributed by atoms with E-state index in [1.807, 2.05) is 18.2 Å². The number of carbonyl (C=O) groups excluding carboxylic acids is 1. The number of hydrogen-bond acceptors (Lipinski definition) is 4. The Balaban J connectivity index is 1.87. The zero-order valence-corrected chi connectivity index (χ0v) is 12.6. The lowest BCUT2D eigenvalue weighted by Gasteiger charge is -2.07. The minimum atomic E-state index is -0.217. The van der Waals surface area contributed by atoms with Crippen molar-refractivity contribution >= 4 is 21.8 Å². The van der Waals surface area contributed by atoms with Gasteiger partial charge in [-0.3, -0.25) is 9.78 Å². The number of aromatic nitrogens is 2. The van der Waals surface area contributed by atoms with Crippen molar-refractivity contribution in [3.8, 4) is 5.75 Å². The van der Waals surface area contributed by atoms with Gasteiger partial charge in [-0.05, 0) is 40.0 Å². The number of halogens is 1. The molecule has 104 valence electrons. The van der Waals surface area contributed by atoms with E-state index in [9.17, 15) is 4.79 Å². The van der Waals surface area contributed by atoms with Crippen molar-refractivity contribution in [1.82, 2.24) is 15.3 Å². The van der Waals surface area contributed by atoms with Crippen LogP contribution in [0.5, 0.6) is 5.75 Å². The number of nitrogens with one attached hydrogen (secondary N) is 1. The van der Waals surface area contributed by atoms with E-state index >= 15 is 0 Å². The van der Waals surface area contributed by atoms with Gasteiger partial charge in [0.1, 0.15) is 11.4 Å². The van der Waals surface area contributed by atoms with Gasteiger partial charge in [-0.25, -0.2) is 4.98 Å². The van der Waals surface area contributed by atoms with Crippen molar-refractivity contribution in [2.75, 3.05) is 13.7 Å². The smallest absolute Gasteiger partial charge is 0.271 e. The summed E-state index contributed by atoms with van der Waals surface area (Å²) in [4.78, 5) is 19.6. The largest absolute Gasteiger partial charge is 0.496 e. The number of amides is 1. The van der Waals surface area contributed by atoms with Gasteiger partial charge in [-0.1, -0.05) is 6.07 Å². The third kappa shape index (κ3) is 3.77. The summed E-state index contributed by atoms with van der Waals surface area (Å²) in [6.07, 6.45) is 5.20. The molecule has 2 aromatic rings. The maximum Gasteiger partial charge on any atom is 0.271 e. The number of hydrogen-bond donors (Lipinski definition) is 1. The first-order valence-electron chi connectivity index (χ1n) is 6.07. The van der Waals surface area contributed by atoms with Gasteiger partial charge < -0.3 is 10.1 Å². The van der Waals surface area contributed by atoms with Gasteiger partial charge in [0.15, 0.2) is 0 Å². The molecule has 0 saturated heterocycles. The highest BCUT2D eigenvalue weighted by molar-refractivity contribution is 9.10. The second-order valence-electron chi connectivity index (χ2n) is 4.07. The fourth-order valence-electron chi connectivity index (χ4n) is 1.69. The lowest BCUT2D eigenvalue weighted by Crippen LogP contribution is -2.26. The molecule has 20 heavy (non-hydrogen) atoms. The van der Waals surface area contributed by atoms with Crippen LogP contribution in [-0.2, 0) is 6.42 Å². The summed E-state index contributed by atoms with van der Waals surface area (Å²) >= 11 is 3.43. The average molecular weight is 336 g/mol. The van der Waals surface area contributed by atoms with Gasteiger partial charge in [0.25, 0.3) is 5.91 Å². The molecule has 0 aliphatic heterocycles. The molecule has 5 nitrogen and oxygen atoms in total. The van der Waals surface area contributed by atoms with Crippen LogP contribution in [0.1, 0.15) is 16.1 Å². The predicted octanol–water partition coefficient (Wildman–Crippen LogP) is 2.22. The first-order chi connectivity index (χ1) is 9.70. The van der Waals surface area contributed by atoms with Crippen molar-refractivity contribution < 1.29 is 9.53 Å². The van der Waals surface area contributed by atoms with Crippen molar-refractivity contribution in [2.24, 2.45) is 0 Å². The Morgan fingerprint density at radius 1 is 1.40 bits per heavy atom. The summed E-state index contributed by atoms with van der Waals surface area (Å²) in [7, 11) is 1.63. The molecule has 0 aliphatic rings. The van der Waals surface area contributed by atoms with Crippen LogP contribution in [0, 0.1) is 0 Å². The number of carbonyl (C=O) groups is 1. The molecule has 2 rings (SSSR count). The minimum absolute atomic E-state index is 0.217. The van der Waals surface area contributed by atoms with E-state index in [2.05, 4.69) is 31.2 Å². The summed E-state index contributed by atoms with van der Waals surface area (Å²) < 4.78 is 6.07. The monoisotopic (exact) mass is 335 g/mol. The number of ether oxygens (including phenoxy) is 1. The third-order valence-electron chi connectivity index (χ3n) is 2.71. The Morgan fingerprint density at radius 2 is 2.25 bits per heavy atom. The Kier molecular flexibility index (Phi) is 5.06. The summed E-state index contributed by atoms with van der Waals surface area (Å²) in [6, 6.07) is 5.84. The highest BCUT2D eigenvalue weighted by Crippen LogP contribution is 2.25. The highest BCUT2D eigenvalue weighted by atomic mass is 79.9. The van der Waals surface area contributed by atoms with E-state index in [0.717, 1.165) is 22.2 Å². The first kappa shape index (κ1) is 14.5. The number of rotatable bonds is 5. The summed E-state index contributed by atoms with van der Waals surface area (Å²) in [5, 5.41) is 2.81. The summed E-state index contributed by atoms with van der Waals surface area (Å²) in [5.41, 5.74) is 1.43. The molecular formula is C14H14BrN3O2. The molecule has 0 radical (unpaired) electrons. The van der Waals surface area contributed by atoms with Crippen LogP contribution in [0.25, 0.3) is 0 Å². The molecule has 0 unspecified atom stereocenters. The van der Waals surface area contributed by atoms with Crippen molar-refractivity contribution in [1.29, 1.82) is 0 Å². The lowest BCUT2D eigenvalue weighted by molar-refractivity contribution is 0.0948. The van der Waals surface area contributed by atoms with Crippen LogP contribution in [-0.4, -0.2) is 29.5 Å². The molecule has 0 atom stereocenters. The average Bonchev–Trinajstić information content (AvgIpc) is 2.48. The van der Waals surface area contributed by atoms with Crippen molar-refractivity contribution in [3.63, 3.8) is 0 Å². The maximum absolute atomic E-state index is 11.8. The van der Waals surface area contributed by atoms with E-state index in [-0.39, 0.29) is 5.91 Å². The van der Waals surface area contributed by atoms with Crippen LogP contribution < -0.4 is 10.1 Å². The third-order valence-corrected chi connectivity index (χ3v) is 3.33. The molecule has 0 bridgehead atoms. The minimum Gasteiger partial charge on any atom is -0.496 e. The summed E-state index contributed by atoms with van der Waals surface area (Å²) in [5.74, 6) is 0.572. The van der Waals surface area contributed by atoms with E-state index < -0.39 is 0 Å².